The van der Waals surface area contributed by atoms with Crippen molar-refractivity contribution in [1.29, 1.82) is 0 Å². The minimum Gasteiger partial charge on any atom is -0.493 e. The topological polar surface area (TPSA) is 87.6 Å². The lowest BCUT2D eigenvalue weighted by Crippen LogP contribution is -2.06. The number of nitro benzene ring substituents is 1. The van der Waals surface area contributed by atoms with Crippen molar-refractivity contribution in [2.45, 2.75) is 6.54 Å². The summed E-state index contributed by atoms with van der Waals surface area (Å²) in [5.74, 6) is 0.429. The molecule has 0 amide bonds. The molecule has 0 heterocycles. The summed E-state index contributed by atoms with van der Waals surface area (Å²) >= 11 is 0. The maximum atomic E-state index is 12.0. The van der Waals surface area contributed by atoms with Crippen LogP contribution in [-0.4, -0.2) is 25.3 Å². The normalized spacial score (nSPS) is 10.1. The second-order valence-electron chi connectivity index (χ2n) is 3.13. The molecule has 1 aromatic carbocycles. The molecule has 0 fully saturated rings. The minimum atomic E-state index is -0.685. The van der Waals surface area contributed by atoms with Crippen molar-refractivity contribution in [2.75, 3.05) is 20.4 Å². The van der Waals surface area contributed by atoms with E-state index in [9.17, 15) is 14.5 Å². The molecule has 0 unspecified atom stereocenters. The SMILES string of the molecule is COc1cc(CN)c([N+](=O)[O-])cc1OCCF. The molecule has 0 aliphatic rings. The van der Waals surface area contributed by atoms with Crippen LogP contribution in [0.2, 0.25) is 0 Å². The highest BCUT2D eigenvalue weighted by atomic mass is 19.1. The first-order chi connectivity index (χ1) is 8.13. The molecule has 0 saturated carbocycles. The number of nitro groups is 1. The van der Waals surface area contributed by atoms with E-state index in [2.05, 4.69) is 0 Å². The van der Waals surface area contributed by atoms with E-state index in [0.717, 1.165) is 0 Å². The Bertz CT molecular complexity index is 412. The van der Waals surface area contributed by atoms with Gasteiger partial charge in [0.1, 0.15) is 13.3 Å². The first-order valence-corrected chi connectivity index (χ1v) is 4.88. The molecule has 6 nitrogen and oxygen atoms in total. The zero-order valence-corrected chi connectivity index (χ0v) is 9.31. The molecule has 17 heavy (non-hydrogen) atoms. The number of nitrogens with two attached hydrogens (primary N) is 1. The Kier molecular flexibility index (Phi) is 4.65. The number of nitrogens with zero attached hydrogens (tertiary/aromatic N) is 1. The average Bonchev–Trinajstić information content (AvgIpc) is 2.34. The van der Waals surface area contributed by atoms with Gasteiger partial charge in [0.15, 0.2) is 11.5 Å². The van der Waals surface area contributed by atoms with Crippen molar-refractivity contribution >= 4 is 5.69 Å². The zero-order chi connectivity index (χ0) is 12.8. The summed E-state index contributed by atoms with van der Waals surface area (Å²) in [7, 11) is 1.39. The molecular formula is C10H13FN2O4. The van der Waals surface area contributed by atoms with Gasteiger partial charge in [0.25, 0.3) is 5.69 Å². The fraction of sp³-hybridized carbons (Fsp3) is 0.400. The molecule has 1 aromatic rings. The summed E-state index contributed by atoms with van der Waals surface area (Å²) in [5, 5.41) is 10.8. The Morgan fingerprint density at radius 2 is 2.18 bits per heavy atom. The molecule has 0 radical (unpaired) electrons. The quantitative estimate of drug-likeness (QED) is 0.603. The number of rotatable bonds is 6. The van der Waals surface area contributed by atoms with Gasteiger partial charge in [-0.25, -0.2) is 4.39 Å². The van der Waals surface area contributed by atoms with Crippen molar-refractivity contribution in [2.24, 2.45) is 5.73 Å². The molecule has 0 aliphatic heterocycles. The Morgan fingerprint density at radius 3 is 2.65 bits per heavy atom. The van der Waals surface area contributed by atoms with E-state index < -0.39 is 11.6 Å². The Labute approximate surface area is 97.3 Å². The van der Waals surface area contributed by atoms with Crippen LogP contribution in [0.25, 0.3) is 0 Å². The van der Waals surface area contributed by atoms with Gasteiger partial charge >= 0.3 is 0 Å². The lowest BCUT2D eigenvalue weighted by molar-refractivity contribution is -0.385. The number of ether oxygens (including phenoxy) is 2. The molecule has 1 rings (SSSR count). The smallest absolute Gasteiger partial charge is 0.277 e. The molecule has 0 aliphatic carbocycles. The van der Waals surface area contributed by atoms with E-state index in [4.69, 9.17) is 15.2 Å². The predicted molar refractivity (Wildman–Crippen MR) is 59.0 cm³/mol. The summed E-state index contributed by atoms with van der Waals surface area (Å²) in [6.45, 7) is -0.860. The third-order valence-electron chi connectivity index (χ3n) is 2.12. The Morgan fingerprint density at radius 1 is 1.47 bits per heavy atom. The predicted octanol–water partition coefficient (Wildman–Crippen LogP) is 1.41. The van der Waals surface area contributed by atoms with Gasteiger partial charge in [0.2, 0.25) is 0 Å². The molecule has 7 heteroatoms. The molecule has 0 spiro atoms. The van der Waals surface area contributed by atoms with Gasteiger partial charge < -0.3 is 15.2 Å². The standard InChI is InChI=1S/C10H13FN2O4/c1-16-9-4-7(6-12)8(13(14)15)5-10(9)17-3-2-11/h4-5H,2-3,6,12H2,1H3. The average molecular weight is 244 g/mol. The Hall–Kier alpha value is -1.89. The summed E-state index contributed by atoms with van der Waals surface area (Å²) < 4.78 is 22.0. The van der Waals surface area contributed by atoms with Crippen LogP contribution in [0, 0.1) is 10.1 Å². The summed E-state index contributed by atoms with van der Waals surface area (Å²) in [5.41, 5.74) is 5.57. The first kappa shape index (κ1) is 13.2. The van der Waals surface area contributed by atoms with Gasteiger partial charge in [-0.3, -0.25) is 10.1 Å². The number of hydrogen-bond acceptors (Lipinski definition) is 5. The number of methoxy groups -OCH3 is 1. The van der Waals surface area contributed by atoms with Gasteiger partial charge in [-0.15, -0.1) is 0 Å². The molecular weight excluding hydrogens is 231 g/mol. The van der Waals surface area contributed by atoms with Gasteiger partial charge in [0.05, 0.1) is 18.1 Å². The molecule has 94 valence electrons. The number of alkyl halides is 1. The fourth-order valence-electron chi connectivity index (χ4n) is 1.35. The molecule has 0 aromatic heterocycles. The van der Waals surface area contributed by atoms with Crippen LogP contribution in [0.5, 0.6) is 11.5 Å². The highest BCUT2D eigenvalue weighted by Gasteiger charge is 2.18. The van der Waals surface area contributed by atoms with Crippen LogP contribution in [0.3, 0.4) is 0 Å². The Balaban J connectivity index is 3.18. The third-order valence-corrected chi connectivity index (χ3v) is 2.12. The maximum absolute atomic E-state index is 12.0. The van der Waals surface area contributed by atoms with Crippen LogP contribution in [0.1, 0.15) is 5.56 Å². The number of halogens is 1. The van der Waals surface area contributed by atoms with Crippen LogP contribution in [0.4, 0.5) is 10.1 Å². The summed E-state index contributed by atoms with van der Waals surface area (Å²) in [6.07, 6.45) is 0. The number of benzene rings is 1. The highest BCUT2D eigenvalue weighted by molar-refractivity contribution is 5.54. The van der Waals surface area contributed by atoms with Crippen molar-refractivity contribution in [3.8, 4) is 11.5 Å². The third kappa shape index (κ3) is 3.04. The molecule has 0 atom stereocenters. The van der Waals surface area contributed by atoms with Gasteiger partial charge in [-0.1, -0.05) is 0 Å². The van der Waals surface area contributed by atoms with Gasteiger partial charge in [-0.05, 0) is 6.07 Å². The summed E-state index contributed by atoms with van der Waals surface area (Å²) in [6, 6.07) is 2.61. The maximum Gasteiger partial charge on any atom is 0.277 e. The van der Waals surface area contributed by atoms with Crippen molar-refractivity contribution in [3.63, 3.8) is 0 Å². The molecule has 0 saturated heterocycles. The monoisotopic (exact) mass is 244 g/mol. The molecule has 2 N–H and O–H groups in total. The lowest BCUT2D eigenvalue weighted by atomic mass is 10.1. The van der Waals surface area contributed by atoms with Crippen LogP contribution in [-0.2, 0) is 6.54 Å². The first-order valence-electron chi connectivity index (χ1n) is 4.88. The van der Waals surface area contributed by atoms with Gasteiger partial charge in [0, 0.05) is 12.1 Å². The van der Waals surface area contributed by atoms with Gasteiger partial charge in [-0.2, -0.15) is 0 Å². The van der Waals surface area contributed by atoms with E-state index in [1.54, 1.807) is 0 Å². The van der Waals surface area contributed by atoms with Crippen LogP contribution < -0.4 is 15.2 Å². The van der Waals surface area contributed by atoms with E-state index in [1.807, 2.05) is 0 Å². The van der Waals surface area contributed by atoms with E-state index in [0.29, 0.717) is 11.3 Å². The van der Waals surface area contributed by atoms with Crippen molar-refractivity contribution in [1.82, 2.24) is 0 Å². The highest BCUT2D eigenvalue weighted by Crippen LogP contribution is 2.34. The lowest BCUT2D eigenvalue weighted by Gasteiger charge is -2.11. The second kappa shape index (κ2) is 6.00. The fourth-order valence-corrected chi connectivity index (χ4v) is 1.35. The molecule has 0 bridgehead atoms. The number of hydrogen-bond donors (Lipinski definition) is 1. The minimum absolute atomic E-state index is 0.00998. The van der Waals surface area contributed by atoms with E-state index in [-0.39, 0.29) is 24.6 Å². The second-order valence-corrected chi connectivity index (χ2v) is 3.13. The zero-order valence-electron chi connectivity index (χ0n) is 9.31. The van der Waals surface area contributed by atoms with E-state index >= 15 is 0 Å². The van der Waals surface area contributed by atoms with Crippen LogP contribution >= 0.6 is 0 Å². The largest absolute Gasteiger partial charge is 0.493 e. The van der Waals surface area contributed by atoms with Crippen LogP contribution in [0.15, 0.2) is 12.1 Å². The van der Waals surface area contributed by atoms with Crippen molar-refractivity contribution in [3.05, 3.63) is 27.8 Å². The summed E-state index contributed by atoms with van der Waals surface area (Å²) in [4.78, 5) is 10.2. The van der Waals surface area contributed by atoms with Crippen molar-refractivity contribution < 1.29 is 18.8 Å². The van der Waals surface area contributed by atoms with E-state index in [1.165, 1.54) is 19.2 Å².